The second kappa shape index (κ2) is 9.01. The van der Waals surface area contributed by atoms with Gasteiger partial charge in [-0.2, -0.15) is 12.7 Å². The SMILES string of the molecule is CC(CCc1ccccc1)NC(=O)c1ccc(N(C)S(=O)(=O)N(C)C)cc1. The zero-order chi connectivity index (χ0) is 20.0. The maximum Gasteiger partial charge on any atom is 0.303 e. The smallest absolute Gasteiger partial charge is 0.303 e. The highest BCUT2D eigenvalue weighted by atomic mass is 32.2. The van der Waals surface area contributed by atoms with Crippen LogP contribution in [0.1, 0.15) is 29.3 Å². The Labute approximate surface area is 162 Å². The molecule has 0 heterocycles. The molecule has 0 saturated heterocycles. The van der Waals surface area contributed by atoms with Crippen molar-refractivity contribution >= 4 is 21.8 Å². The van der Waals surface area contributed by atoms with Crippen molar-refractivity contribution < 1.29 is 13.2 Å². The Morgan fingerprint density at radius 2 is 1.59 bits per heavy atom. The Bertz CT molecular complexity index is 850. The Kier molecular flexibility index (Phi) is 6.98. The molecule has 0 radical (unpaired) electrons. The van der Waals surface area contributed by atoms with Crippen molar-refractivity contribution in [1.82, 2.24) is 9.62 Å². The fourth-order valence-corrected chi connectivity index (χ4v) is 3.49. The molecule has 0 aliphatic carbocycles. The van der Waals surface area contributed by atoms with E-state index in [0.717, 1.165) is 17.1 Å². The molecule has 0 aliphatic heterocycles. The van der Waals surface area contributed by atoms with Gasteiger partial charge in [0.1, 0.15) is 0 Å². The first kappa shape index (κ1) is 20.9. The van der Waals surface area contributed by atoms with Crippen molar-refractivity contribution in [2.24, 2.45) is 0 Å². The van der Waals surface area contributed by atoms with E-state index in [2.05, 4.69) is 17.4 Å². The molecule has 0 fully saturated rings. The van der Waals surface area contributed by atoms with Crippen LogP contribution in [0.5, 0.6) is 0 Å². The average molecular weight is 390 g/mol. The van der Waals surface area contributed by atoms with Gasteiger partial charge in [-0.05, 0) is 49.6 Å². The summed E-state index contributed by atoms with van der Waals surface area (Å²) in [6.45, 7) is 1.98. The molecule has 1 N–H and O–H groups in total. The van der Waals surface area contributed by atoms with Gasteiger partial charge in [-0.3, -0.25) is 9.10 Å². The van der Waals surface area contributed by atoms with Crippen molar-refractivity contribution in [3.8, 4) is 0 Å². The number of anilines is 1. The molecule has 6 nitrogen and oxygen atoms in total. The van der Waals surface area contributed by atoms with Crippen LogP contribution >= 0.6 is 0 Å². The normalized spacial score (nSPS) is 12.6. The van der Waals surface area contributed by atoms with Crippen LogP contribution in [0.15, 0.2) is 54.6 Å². The number of hydrogen-bond donors (Lipinski definition) is 1. The van der Waals surface area contributed by atoms with Crippen LogP contribution in [0.2, 0.25) is 0 Å². The second-order valence-corrected chi connectivity index (χ2v) is 8.88. The van der Waals surface area contributed by atoms with Gasteiger partial charge in [-0.15, -0.1) is 0 Å². The van der Waals surface area contributed by atoms with E-state index in [9.17, 15) is 13.2 Å². The monoisotopic (exact) mass is 389 g/mol. The summed E-state index contributed by atoms with van der Waals surface area (Å²) in [5.41, 5.74) is 2.24. The summed E-state index contributed by atoms with van der Waals surface area (Å²) >= 11 is 0. The Morgan fingerprint density at radius 3 is 2.15 bits per heavy atom. The minimum Gasteiger partial charge on any atom is -0.350 e. The van der Waals surface area contributed by atoms with Crippen molar-refractivity contribution in [3.63, 3.8) is 0 Å². The highest BCUT2D eigenvalue weighted by molar-refractivity contribution is 7.90. The van der Waals surface area contributed by atoms with Crippen molar-refractivity contribution in [1.29, 1.82) is 0 Å². The number of rotatable bonds is 8. The van der Waals surface area contributed by atoms with Gasteiger partial charge in [0.05, 0.1) is 5.69 Å². The molecule has 27 heavy (non-hydrogen) atoms. The third-order valence-electron chi connectivity index (χ3n) is 4.39. The van der Waals surface area contributed by atoms with Gasteiger partial charge < -0.3 is 5.32 Å². The van der Waals surface area contributed by atoms with Gasteiger partial charge >= 0.3 is 10.2 Å². The molecular formula is C20H27N3O3S. The summed E-state index contributed by atoms with van der Waals surface area (Å²) in [5.74, 6) is -0.166. The molecule has 2 aromatic rings. The van der Waals surface area contributed by atoms with E-state index in [4.69, 9.17) is 0 Å². The Balaban J connectivity index is 1.95. The van der Waals surface area contributed by atoms with E-state index < -0.39 is 10.2 Å². The first-order valence-corrected chi connectivity index (χ1v) is 10.2. The molecule has 0 saturated carbocycles. The molecule has 0 bridgehead atoms. The molecule has 1 unspecified atom stereocenters. The van der Waals surface area contributed by atoms with Gasteiger partial charge in [-0.1, -0.05) is 30.3 Å². The van der Waals surface area contributed by atoms with Crippen LogP contribution in [0.3, 0.4) is 0 Å². The first-order chi connectivity index (χ1) is 12.7. The third kappa shape index (κ3) is 5.55. The summed E-state index contributed by atoms with van der Waals surface area (Å²) in [7, 11) is 0.886. The highest BCUT2D eigenvalue weighted by Crippen LogP contribution is 2.18. The lowest BCUT2D eigenvalue weighted by Crippen LogP contribution is -2.37. The Hall–Kier alpha value is -2.38. The molecular weight excluding hydrogens is 362 g/mol. The molecule has 2 rings (SSSR count). The van der Waals surface area contributed by atoms with E-state index in [-0.39, 0.29) is 11.9 Å². The number of nitrogens with zero attached hydrogens (tertiary/aromatic N) is 2. The van der Waals surface area contributed by atoms with Crippen LogP contribution in [0.4, 0.5) is 5.69 Å². The predicted molar refractivity (Wildman–Crippen MR) is 109 cm³/mol. The number of amides is 1. The maximum atomic E-state index is 12.4. The van der Waals surface area contributed by atoms with Crippen molar-refractivity contribution in [3.05, 3.63) is 65.7 Å². The predicted octanol–water partition coefficient (Wildman–Crippen LogP) is 2.68. The number of aryl methyl sites for hydroxylation is 1. The van der Waals surface area contributed by atoms with E-state index in [0.29, 0.717) is 11.3 Å². The molecule has 1 atom stereocenters. The second-order valence-electron chi connectivity index (χ2n) is 6.70. The lowest BCUT2D eigenvalue weighted by Gasteiger charge is -2.23. The van der Waals surface area contributed by atoms with Crippen LogP contribution in [0.25, 0.3) is 0 Å². The zero-order valence-electron chi connectivity index (χ0n) is 16.2. The van der Waals surface area contributed by atoms with Crippen LogP contribution in [-0.4, -0.2) is 45.8 Å². The molecule has 0 aliphatic rings. The van der Waals surface area contributed by atoms with E-state index in [1.807, 2.05) is 25.1 Å². The van der Waals surface area contributed by atoms with Crippen LogP contribution < -0.4 is 9.62 Å². The van der Waals surface area contributed by atoms with Crippen LogP contribution in [-0.2, 0) is 16.6 Å². The molecule has 0 aromatic heterocycles. The number of carbonyl (C=O) groups excluding carboxylic acids is 1. The number of hydrogen-bond acceptors (Lipinski definition) is 3. The van der Waals surface area contributed by atoms with Gasteiger partial charge in [0, 0.05) is 32.7 Å². The summed E-state index contributed by atoms with van der Waals surface area (Å²) < 4.78 is 26.6. The quantitative estimate of drug-likeness (QED) is 0.755. The van der Waals surface area contributed by atoms with Crippen molar-refractivity contribution in [2.45, 2.75) is 25.8 Å². The highest BCUT2D eigenvalue weighted by Gasteiger charge is 2.21. The number of nitrogens with one attached hydrogen (secondary N) is 1. The number of benzene rings is 2. The number of carbonyl (C=O) groups is 1. The summed E-state index contributed by atoms with van der Waals surface area (Å²) in [6, 6.07) is 16.7. The topological polar surface area (TPSA) is 69.7 Å². The molecule has 2 aromatic carbocycles. The minimum atomic E-state index is -3.55. The zero-order valence-corrected chi connectivity index (χ0v) is 17.0. The van der Waals surface area contributed by atoms with Gasteiger partial charge in [0.15, 0.2) is 0 Å². The van der Waals surface area contributed by atoms with E-state index in [1.165, 1.54) is 31.0 Å². The molecule has 1 amide bonds. The van der Waals surface area contributed by atoms with E-state index in [1.54, 1.807) is 24.3 Å². The van der Waals surface area contributed by atoms with Gasteiger partial charge in [-0.25, -0.2) is 0 Å². The fourth-order valence-electron chi connectivity index (χ4n) is 2.61. The molecule has 7 heteroatoms. The maximum absolute atomic E-state index is 12.4. The average Bonchev–Trinajstić information content (AvgIpc) is 2.66. The van der Waals surface area contributed by atoms with E-state index >= 15 is 0 Å². The largest absolute Gasteiger partial charge is 0.350 e. The molecule has 0 spiro atoms. The lowest BCUT2D eigenvalue weighted by molar-refractivity contribution is 0.0938. The summed E-state index contributed by atoms with van der Waals surface area (Å²) in [6.07, 6.45) is 1.74. The van der Waals surface area contributed by atoms with Crippen molar-refractivity contribution in [2.75, 3.05) is 25.4 Å². The first-order valence-electron chi connectivity index (χ1n) is 8.83. The third-order valence-corrected chi connectivity index (χ3v) is 6.21. The van der Waals surface area contributed by atoms with Crippen LogP contribution in [0, 0.1) is 0 Å². The van der Waals surface area contributed by atoms with Gasteiger partial charge in [0.25, 0.3) is 5.91 Å². The lowest BCUT2D eigenvalue weighted by atomic mass is 10.1. The summed E-state index contributed by atoms with van der Waals surface area (Å²) in [4.78, 5) is 12.4. The van der Waals surface area contributed by atoms with Gasteiger partial charge in [0.2, 0.25) is 0 Å². The minimum absolute atomic E-state index is 0.0363. The molecule has 146 valence electrons. The fraction of sp³-hybridized carbons (Fsp3) is 0.350. The Morgan fingerprint density at radius 1 is 1.00 bits per heavy atom. The standard InChI is InChI=1S/C20H27N3O3S/c1-16(10-11-17-8-6-5-7-9-17)21-20(24)18-12-14-19(15-13-18)23(4)27(25,26)22(2)3/h5-9,12-16H,10-11H2,1-4H3,(H,21,24). The summed E-state index contributed by atoms with van der Waals surface area (Å²) in [5, 5.41) is 2.98.